The van der Waals surface area contributed by atoms with Gasteiger partial charge in [0.15, 0.2) is 5.69 Å². The molecule has 0 radical (unpaired) electrons. The Hall–Kier alpha value is -2.89. The molecule has 1 aromatic carbocycles. The molecular weight excluding hydrogens is 304 g/mol. The highest BCUT2D eigenvalue weighted by Gasteiger charge is 2.19. The van der Waals surface area contributed by atoms with Gasteiger partial charge >= 0.3 is 0 Å². The highest BCUT2D eigenvalue weighted by atomic mass is 16.5. The summed E-state index contributed by atoms with van der Waals surface area (Å²) < 4.78 is 5.67. The average molecular weight is 324 g/mol. The molecule has 0 saturated heterocycles. The van der Waals surface area contributed by atoms with Crippen LogP contribution in [-0.4, -0.2) is 27.7 Å². The van der Waals surface area contributed by atoms with Crippen molar-refractivity contribution in [1.82, 2.24) is 20.5 Å². The van der Waals surface area contributed by atoms with Gasteiger partial charge in [-0.3, -0.25) is 14.9 Å². The maximum atomic E-state index is 12.6. The molecule has 2 N–H and O–H groups in total. The van der Waals surface area contributed by atoms with Gasteiger partial charge < -0.3 is 10.1 Å². The number of aromatic nitrogens is 3. The number of benzene rings is 1. The minimum atomic E-state index is -0.245. The Morgan fingerprint density at radius 2 is 2.21 bits per heavy atom. The summed E-state index contributed by atoms with van der Waals surface area (Å²) in [4.78, 5) is 16.7. The number of ether oxygens (including phenoxy) is 1. The van der Waals surface area contributed by atoms with E-state index in [9.17, 15) is 4.79 Å². The fraction of sp³-hybridized carbons (Fsp3) is 0.278. The number of carbonyl (C=O) groups is 1. The molecule has 0 saturated carbocycles. The van der Waals surface area contributed by atoms with Gasteiger partial charge in [-0.15, -0.1) is 0 Å². The van der Waals surface area contributed by atoms with E-state index in [0.29, 0.717) is 17.7 Å². The Bertz CT molecular complexity index is 872. The molecule has 2 heterocycles. The lowest BCUT2D eigenvalue weighted by atomic mass is 10.0. The number of aryl methyl sites for hydroxylation is 1. The number of nitrogens with zero attached hydrogens (tertiary/aromatic N) is 2. The number of amides is 1. The summed E-state index contributed by atoms with van der Waals surface area (Å²) >= 11 is 0. The van der Waals surface area contributed by atoms with Crippen LogP contribution in [0, 0.1) is 6.92 Å². The quantitative estimate of drug-likeness (QED) is 0.755. The fourth-order valence-electron chi connectivity index (χ4n) is 2.67. The van der Waals surface area contributed by atoms with Gasteiger partial charge in [-0.2, -0.15) is 5.10 Å². The summed E-state index contributed by atoms with van der Waals surface area (Å²) in [5.41, 5.74) is 3.19. The number of pyridine rings is 1. The molecular formula is C18H20N4O2. The number of rotatable bonds is 5. The van der Waals surface area contributed by atoms with E-state index in [-0.39, 0.29) is 11.9 Å². The fourth-order valence-corrected chi connectivity index (χ4v) is 2.67. The Kier molecular flexibility index (Phi) is 4.46. The molecule has 1 unspecified atom stereocenters. The third kappa shape index (κ3) is 3.08. The van der Waals surface area contributed by atoms with Gasteiger partial charge in [0.05, 0.1) is 23.6 Å². The zero-order valence-corrected chi connectivity index (χ0v) is 14.0. The second-order valence-electron chi connectivity index (χ2n) is 5.66. The van der Waals surface area contributed by atoms with Gasteiger partial charge in [-0.05, 0) is 32.9 Å². The number of fused-ring (bicyclic) bond motifs is 1. The van der Waals surface area contributed by atoms with Crippen molar-refractivity contribution in [3.8, 4) is 5.75 Å². The maximum absolute atomic E-state index is 12.6. The number of H-pyrrole nitrogens is 1. The summed E-state index contributed by atoms with van der Waals surface area (Å²) in [6.45, 7) is 6.46. The van der Waals surface area contributed by atoms with Crippen LogP contribution < -0.4 is 10.1 Å². The van der Waals surface area contributed by atoms with Gasteiger partial charge in [0.2, 0.25) is 0 Å². The Labute approximate surface area is 140 Å². The zero-order chi connectivity index (χ0) is 17.1. The molecule has 0 bridgehead atoms. The van der Waals surface area contributed by atoms with E-state index in [1.165, 1.54) is 0 Å². The Morgan fingerprint density at radius 1 is 1.38 bits per heavy atom. The van der Waals surface area contributed by atoms with E-state index in [2.05, 4.69) is 20.5 Å². The van der Waals surface area contributed by atoms with Crippen LogP contribution in [0.3, 0.4) is 0 Å². The lowest BCUT2D eigenvalue weighted by Gasteiger charge is -2.18. The Balaban J connectivity index is 1.85. The number of hydrogen-bond acceptors (Lipinski definition) is 4. The van der Waals surface area contributed by atoms with Crippen LogP contribution in [0.1, 0.15) is 41.5 Å². The van der Waals surface area contributed by atoms with E-state index in [1.807, 2.05) is 39.0 Å². The summed E-state index contributed by atoms with van der Waals surface area (Å²) in [6.07, 6.45) is 3.29. The SMILES string of the molecule is CCOc1ccc(C)cc1C(C)NC(=O)c1n[nH]c2ccncc12. The zero-order valence-electron chi connectivity index (χ0n) is 14.0. The van der Waals surface area contributed by atoms with Crippen LogP contribution in [0.2, 0.25) is 0 Å². The molecule has 0 fully saturated rings. The van der Waals surface area contributed by atoms with Crippen LogP contribution in [0.25, 0.3) is 10.9 Å². The van der Waals surface area contributed by atoms with Gasteiger partial charge in [0.25, 0.3) is 5.91 Å². The topological polar surface area (TPSA) is 79.9 Å². The third-order valence-electron chi connectivity index (χ3n) is 3.86. The van der Waals surface area contributed by atoms with Crippen LogP contribution in [0.4, 0.5) is 0 Å². The van der Waals surface area contributed by atoms with Crippen LogP contribution >= 0.6 is 0 Å². The molecule has 3 aromatic rings. The first-order chi connectivity index (χ1) is 11.6. The second-order valence-corrected chi connectivity index (χ2v) is 5.66. The van der Waals surface area contributed by atoms with E-state index in [4.69, 9.17) is 4.74 Å². The van der Waals surface area contributed by atoms with E-state index < -0.39 is 0 Å². The van der Waals surface area contributed by atoms with Gasteiger partial charge in [0, 0.05) is 18.0 Å². The van der Waals surface area contributed by atoms with Crippen molar-refractivity contribution in [3.05, 3.63) is 53.5 Å². The van der Waals surface area contributed by atoms with E-state index in [0.717, 1.165) is 22.4 Å². The van der Waals surface area contributed by atoms with Crippen LogP contribution in [-0.2, 0) is 0 Å². The minimum Gasteiger partial charge on any atom is -0.494 e. The first-order valence-electron chi connectivity index (χ1n) is 7.92. The molecule has 1 amide bonds. The molecule has 124 valence electrons. The molecule has 0 aliphatic rings. The number of carbonyl (C=O) groups excluding carboxylic acids is 1. The molecule has 0 aliphatic heterocycles. The van der Waals surface area contributed by atoms with Gasteiger partial charge in [-0.1, -0.05) is 17.7 Å². The van der Waals surface area contributed by atoms with Crippen molar-refractivity contribution >= 4 is 16.8 Å². The highest BCUT2D eigenvalue weighted by Crippen LogP contribution is 2.27. The lowest BCUT2D eigenvalue weighted by Crippen LogP contribution is -2.27. The molecule has 6 heteroatoms. The highest BCUT2D eigenvalue weighted by molar-refractivity contribution is 6.04. The average Bonchev–Trinajstić information content (AvgIpc) is 3.00. The first-order valence-corrected chi connectivity index (χ1v) is 7.92. The van der Waals surface area contributed by atoms with Crippen molar-refractivity contribution in [2.75, 3.05) is 6.61 Å². The summed E-state index contributed by atoms with van der Waals surface area (Å²) in [6, 6.07) is 7.54. The monoisotopic (exact) mass is 324 g/mol. The summed E-state index contributed by atoms with van der Waals surface area (Å²) in [5, 5.41) is 10.6. The molecule has 24 heavy (non-hydrogen) atoms. The van der Waals surface area contributed by atoms with E-state index in [1.54, 1.807) is 18.5 Å². The molecule has 2 aromatic heterocycles. The summed E-state index contributed by atoms with van der Waals surface area (Å²) in [5.74, 6) is 0.537. The van der Waals surface area contributed by atoms with Crippen LogP contribution in [0.15, 0.2) is 36.7 Å². The standard InChI is InChI=1S/C18H20N4O2/c1-4-24-16-6-5-11(2)9-13(16)12(3)20-18(23)17-14-10-19-8-7-15(14)21-22-17/h5-10,12H,4H2,1-3H3,(H,20,23)(H,21,22). The normalized spacial score (nSPS) is 12.1. The largest absolute Gasteiger partial charge is 0.494 e. The number of hydrogen-bond donors (Lipinski definition) is 2. The molecule has 6 nitrogen and oxygen atoms in total. The van der Waals surface area contributed by atoms with E-state index >= 15 is 0 Å². The van der Waals surface area contributed by atoms with Crippen molar-refractivity contribution < 1.29 is 9.53 Å². The van der Waals surface area contributed by atoms with Crippen LogP contribution in [0.5, 0.6) is 5.75 Å². The van der Waals surface area contributed by atoms with Crippen molar-refractivity contribution in [3.63, 3.8) is 0 Å². The smallest absolute Gasteiger partial charge is 0.272 e. The second kappa shape index (κ2) is 6.70. The molecule has 1 atom stereocenters. The number of nitrogens with one attached hydrogen (secondary N) is 2. The molecule has 3 rings (SSSR count). The predicted octanol–water partition coefficient (Wildman–Crippen LogP) is 3.16. The van der Waals surface area contributed by atoms with Crippen molar-refractivity contribution in [2.24, 2.45) is 0 Å². The first kappa shape index (κ1) is 16.0. The predicted molar refractivity (Wildman–Crippen MR) is 92.1 cm³/mol. The third-order valence-corrected chi connectivity index (χ3v) is 3.86. The summed E-state index contributed by atoms with van der Waals surface area (Å²) in [7, 11) is 0. The van der Waals surface area contributed by atoms with Gasteiger partial charge in [0.1, 0.15) is 5.75 Å². The Morgan fingerprint density at radius 3 is 3.00 bits per heavy atom. The maximum Gasteiger partial charge on any atom is 0.272 e. The van der Waals surface area contributed by atoms with Crippen molar-refractivity contribution in [1.29, 1.82) is 0 Å². The molecule has 0 aliphatic carbocycles. The van der Waals surface area contributed by atoms with Crippen molar-refractivity contribution in [2.45, 2.75) is 26.8 Å². The van der Waals surface area contributed by atoms with Gasteiger partial charge in [-0.25, -0.2) is 0 Å². The number of aromatic amines is 1. The minimum absolute atomic E-state index is 0.206. The molecule has 0 spiro atoms. The lowest BCUT2D eigenvalue weighted by molar-refractivity contribution is 0.0936.